The summed E-state index contributed by atoms with van der Waals surface area (Å²) in [6.07, 6.45) is 2.48. The maximum Gasteiger partial charge on any atom is 0.130 e. The van der Waals surface area contributed by atoms with E-state index in [0.717, 1.165) is 34.0 Å². The second-order valence-corrected chi connectivity index (χ2v) is 4.53. The number of ether oxygens (including phenoxy) is 1. The second kappa shape index (κ2) is 5.80. The molecule has 0 spiro atoms. The molecule has 0 fully saturated rings. The molecule has 0 atom stereocenters. The molecule has 0 aliphatic carbocycles. The molecule has 2 rings (SSSR count). The van der Waals surface area contributed by atoms with Crippen LogP contribution in [0.3, 0.4) is 0 Å². The first kappa shape index (κ1) is 13.5. The van der Waals surface area contributed by atoms with E-state index in [4.69, 9.17) is 10.5 Å². The third-order valence-electron chi connectivity index (χ3n) is 3.09. The first-order chi connectivity index (χ1) is 9.15. The van der Waals surface area contributed by atoms with Gasteiger partial charge in [0, 0.05) is 18.2 Å². The summed E-state index contributed by atoms with van der Waals surface area (Å²) < 4.78 is 5.33. The highest BCUT2D eigenvalue weighted by molar-refractivity contribution is 5.66. The molecule has 0 amide bonds. The maximum atomic E-state index is 5.54. The lowest BCUT2D eigenvalue weighted by Crippen LogP contribution is -2.06. The Kier molecular flexibility index (Phi) is 4.12. The van der Waals surface area contributed by atoms with Gasteiger partial charge in [-0.3, -0.25) is 0 Å². The Labute approximate surface area is 113 Å². The standard InChI is InChI=1S/C15H19N3O/c1-10-9-14(19-3)11(2)8-12(10)13-5-7-17-15(18-13)4-6-16/h5,7-9H,4,6,16H2,1-3H3. The van der Waals surface area contributed by atoms with Crippen LogP contribution < -0.4 is 10.5 Å². The van der Waals surface area contributed by atoms with Crippen molar-refractivity contribution >= 4 is 0 Å². The van der Waals surface area contributed by atoms with Gasteiger partial charge in [0.25, 0.3) is 0 Å². The summed E-state index contributed by atoms with van der Waals surface area (Å²) in [7, 11) is 1.69. The summed E-state index contributed by atoms with van der Waals surface area (Å²) in [5, 5.41) is 0. The molecule has 2 N–H and O–H groups in total. The molecule has 0 bridgehead atoms. The zero-order valence-corrected chi connectivity index (χ0v) is 11.6. The largest absolute Gasteiger partial charge is 0.496 e. The van der Waals surface area contributed by atoms with Gasteiger partial charge < -0.3 is 10.5 Å². The van der Waals surface area contributed by atoms with Gasteiger partial charge >= 0.3 is 0 Å². The van der Waals surface area contributed by atoms with Gasteiger partial charge in [-0.2, -0.15) is 0 Å². The van der Waals surface area contributed by atoms with Crippen LogP contribution in [-0.2, 0) is 6.42 Å². The number of aromatic nitrogens is 2. The van der Waals surface area contributed by atoms with E-state index in [0.29, 0.717) is 13.0 Å². The lowest BCUT2D eigenvalue weighted by Gasteiger charge is -2.11. The van der Waals surface area contributed by atoms with E-state index in [2.05, 4.69) is 23.0 Å². The molecule has 2 aromatic rings. The number of hydrogen-bond donors (Lipinski definition) is 1. The van der Waals surface area contributed by atoms with Gasteiger partial charge in [-0.25, -0.2) is 9.97 Å². The van der Waals surface area contributed by atoms with Gasteiger partial charge in [0.05, 0.1) is 12.8 Å². The number of rotatable bonds is 4. The van der Waals surface area contributed by atoms with Crippen molar-refractivity contribution in [2.75, 3.05) is 13.7 Å². The van der Waals surface area contributed by atoms with E-state index in [1.54, 1.807) is 13.3 Å². The predicted molar refractivity (Wildman–Crippen MR) is 76.3 cm³/mol. The van der Waals surface area contributed by atoms with E-state index in [-0.39, 0.29) is 0 Å². The topological polar surface area (TPSA) is 61.0 Å². The molecule has 0 aliphatic heterocycles. The quantitative estimate of drug-likeness (QED) is 0.912. The van der Waals surface area contributed by atoms with Gasteiger partial charge in [-0.1, -0.05) is 0 Å². The van der Waals surface area contributed by atoms with Crippen LogP contribution in [0.25, 0.3) is 11.3 Å². The highest BCUT2D eigenvalue weighted by Gasteiger charge is 2.09. The number of nitrogens with zero attached hydrogens (tertiary/aromatic N) is 2. The molecular weight excluding hydrogens is 238 g/mol. The smallest absolute Gasteiger partial charge is 0.130 e. The van der Waals surface area contributed by atoms with Gasteiger partial charge in [0.15, 0.2) is 0 Å². The first-order valence-electron chi connectivity index (χ1n) is 6.33. The van der Waals surface area contributed by atoms with Crippen LogP contribution in [0.1, 0.15) is 17.0 Å². The van der Waals surface area contributed by atoms with E-state index < -0.39 is 0 Å². The van der Waals surface area contributed by atoms with Gasteiger partial charge in [-0.15, -0.1) is 0 Å². The molecular formula is C15H19N3O. The zero-order valence-electron chi connectivity index (χ0n) is 11.6. The van der Waals surface area contributed by atoms with Crippen molar-refractivity contribution in [1.82, 2.24) is 9.97 Å². The Balaban J connectivity index is 2.46. The summed E-state index contributed by atoms with van der Waals surface area (Å²) in [5.74, 6) is 1.69. The van der Waals surface area contributed by atoms with Crippen molar-refractivity contribution in [3.05, 3.63) is 41.3 Å². The van der Waals surface area contributed by atoms with Crippen molar-refractivity contribution in [3.8, 4) is 17.0 Å². The highest BCUT2D eigenvalue weighted by atomic mass is 16.5. The summed E-state index contributed by atoms with van der Waals surface area (Å²) in [6.45, 7) is 4.65. The zero-order chi connectivity index (χ0) is 13.8. The fourth-order valence-corrected chi connectivity index (χ4v) is 2.08. The molecule has 4 nitrogen and oxygen atoms in total. The number of methoxy groups -OCH3 is 1. The Hall–Kier alpha value is -1.94. The normalized spacial score (nSPS) is 10.5. The predicted octanol–water partition coefficient (Wildman–Crippen LogP) is 2.27. The first-order valence-corrected chi connectivity index (χ1v) is 6.33. The maximum absolute atomic E-state index is 5.54. The number of aryl methyl sites for hydroxylation is 2. The molecule has 1 aromatic carbocycles. The van der Waals surface area contributed by atoms with Gasteiger partial charge in [0.1, 0.15) is 11.6 Å². The number of nitrogens with two attached hydrogens (primary N) is 1. The molecule has 100 valence electrons. The summed E-state index contributed by atoms with van der Waals surface area (Å²) >= 11 is 0. The van der Waals surface area contributed by atoms with E-state index in [1.807, 2.05) is 19.1 Å². The van der Waals surface area contributed by atoms with Crippen molar-refractivity contribution in [3.63, 3.8) is 0 Å². The lowest BCUT2D eigenvalue weighted by molar-refractivity contribution is 0.411. The molecule has 0 saturated heterocycles. The van der Waals surface area contributed by atoms with Crippen LogP contribution in [0.4, 0.5) is 0 Å². The van der Waals surface area contributed by atoms with Gasteiger partial charge in [-0.05, 0) is 49.7 Å². The molecule has 1 aromatic heterocycles. The number of hydrogen-bond acceptors (Lipinski definition) is 4. The molecule has 0 unspecified atom stereocenters. The van der Waals surface area contributed by atoms with Crippen molar-refractivity contribution < 1.29 is 4.74 Å². The van der Waals surface area contributed by atoms with Crippen molar-refractivity contribution in [1.29, 1.82) is 0 Å². The van der Waals surface area contributed by atoms with Gasteiger partial charge in [0.2, 0.25) is 0 Å². The van der Waals surface area contributed by atoms with Crippen LogP contribution in [0.5, 0.6) is 5.75 Å². The minimum atomic E-state index is 0.560. The van der Waals surface area contributed by atoms with Crippen LogP contribution in [-0.4, -0.2) is 23.6 Å². The fourth-order valence-electron chi connectivity index (χ4n) is 2.08. The van der Waals surface area contributed by atoms with E-state index in [1.165, 1.54) is 0 Å². The Bertz CT molecular complexity index is 582. The Morgan fingerprint density at radius 1 is 1.21 bits per heavy atom. The third kappa shape index (κ3) is 2.90. The molecule has 0 saturated carbocycles. The van der Waals surface area contributed by atoms with Crippen LogP contribution in [0.2, 0.25) is 0 Å². The third-order valence-corrected chi connectivity index (χ3v) is 3.09. The monoisotopic (exact) mass is 257 g/mol. The minimum absolute atomic E-state index is 0.560. The van der Waals surface area contributed by atoms with Crippen LogP contribution in [0.15, 0.2) is 24.4 Å². The average molecular weight is 257 g/mol. The van der Waals surface area contributed by atoms with E-state index in [9.17, 15) is 0 Å². The fraction of sp³-hybridized carbons (Fsp3) is 0.333. The molecule has 0 radical (unpaired) electrons. The Morgan fingerprint density at radius 2 is 2.00 bits per heavy atom. The molecule has 4 heteroatoms. The Morgan fingerprint density at radius 3 is 2.68 bits per heavy atom. The molecule has 1 heterocycles. The summed E-state index contributed by atoms with van der Waals surface area (Å²) in [5.41, 5.74) is 9.82. The van der Waals surface area contributed by atoms with Crippen molar-refractivity contribution in [2.24, 2.45) is 5.73 Å². The summed E-state index contributed by atoms with van der Waals surface area (Å²) in [4.78, 5) is 8.78. The minimum Gasteiger partial charge on any atom is -0.496 e. The van der Waals surface area contributed by atoms with Crippen LogP contribution >= 0.6 is 0 Å². The van der Waals surface area contributed by atoms with E-state index >= 15 is 0 Å². The second-order valence-electron chi connectivity index (χ2n) is 4.53. The summed E-state index contributed by atoms with van der Waals surface area (Å²) in [6, 6.07) is 6.06. The lowest BCUT2D eigenvalue weighted by atomic mass is 10.0. The number of benzene rings is 1. The van der Waals surface area contributed by atoms with Crippen LogP contribution in [0, 0.1) is 13.8 Å². The highest BCUT2D eigenvalue weighted by Crippen LogP contribution is 2.28. The molecule has 19 heavy (non-hydrogen) atoms. The molecule has 0 aliphatic rings. The average Bonchev–Trinajstić information content (AvgIpc) is 2.41. The SMILES string of the molecule is COc1cc(C)c(-c2ccnc(CCN)n2)cc1C. The van der Waals surface area contributed by atoms with Crippen molar-refractivity contribution in [2.45, 2.75) is 20.3 Å².